The lowest BCUT2D eigenvalue weighted by Gasteiger charge is -2.41. The molecule has 2 rings (SSSR count). The first kappa shape index (κ1) is 22.2. The number of nitrogens with one attached hydrogen (secondary N) is 3. The van der Waals surface area contributed by atoms with Crippen molar-refractivity contribution in [1.29, 1.82) is 0 Å². The van der Waals surface area contributed by atoms with E-state index in [4.69, 9.17) is 17.4 Å². The van der Waals surface area contributed by atoms with Crippen LogP contribution in [0.4, 0.5) is 0 Å². The molecule has 0 aromatic rings. The van der Waals surface area contributed by atoms with Crippen molar-refractivity contribution < 1.29 is 4.74 Å². The number of thioether (sulfide) groups is 1. The Bertz CT molecular complexity index is 502. The van der Waals surface area contributed by atoms with Crippen molar-refractivity contribution in [2.75, 3.05) is 27.3 Å². The van der Waals surface area contributed by atoms with Crippen molar-refractivity contribution in [3.63, 3.8) is 0 Å². The molecule has 3 N–H and O–H groups in total. The maximum Gasteiger partial charge on any atom is 0.0669 e. The number of likely N-dealkylation sites (N-methyl/N-ethyl adjacent to an activating group) is 1. The van der Waals surface area contributed by atoms with Crippen molar-refractivity contribution in [2.24, 2.45) is 10.9 Å². The van der Waals surface area contributed by atoms with E-state index in [0.717, 1.165) is 13.0 Å². The van der Waals surface area contributed by atoms with E-state index in [1.807, 2.05) is 38.3 Å². The van der Waals surface area contributed by atoms with Crippen LogP contribution < -0.4 is 16.0 Å². The van der Waals surface area contributed by atoms with Crippen molar-refractivity contribution in [2.45, 2.75) is 68.3 Å². The third kappa shape index (κ3) is 5.72. The van der Waals surface area contributed by atoms with Crippen LogP contribution in [0.3, 0.4) is 0 Å². The van der Waals surface area contributed by atoms with E-state index in [2.05, 4.69) is 40.9 Å². The van der Waals surface area contributed by atoms with E-state index < -0.39 is 0 Å². The molecule has 1 aliphatic carbocycles. The van der Waals surface area contributed by atoms with Crippen molar-refractivity contribution in [3.8, 4) is 0 Å². The summed E-state index contributed by atoms with van der Waals surface area (Å²) in [4.78, 5) is 4.23. The summed E-state index contributed by atoms with van der Waals surface area (Å²) < 4.78 is 5.65. The lowest BCUT2D eigenvalue weighted by Crippen LogP contribution is -2.55. The van der Waals surface area contributed by atoms with E-state index >= 15 is 0 Å². The molecule has 0 bridgehead atoms. The van der Waals surface area contributed by atoms with Gasteiger partial charge in [-0.1, -0.05) is 6.92 Å². The Balaban J connectivity index is 1.94. The van der Waals surface area contributed by atoms with E-state index in [-0.39, 0.29) is 10.9 Å². The molecule has 0 aromatic heterocycles. The second kappa shape index (κ2) is 10.5. The Morgan fingerprint density at radius 1 is 1.38 bits per heavy atom. The molecular formula is C19H36N4OS2. The average Bonchev–Trinajstić information content (AvgIpc) is 3.09. The fraction of sp³-hybridized carbons (Fsp3) is 0.842. The molecule has 0 radical (unpaired) electrons. The summed E-state index contributed by atoms with van der Waals surface area (Å²) in [6, 6.07) is 1.01. The summed E-state index contributed by atoms with van der Waals surface area (Å²) in [5.41, 5.74) is 3.23. The van der Waals surface area contributed by atoms with Crippen molar-refractivity contribution in [1.82, 2.24) is 16.0 Å². The first-order valence-electron chi connectivity index (χ1n) is 9.75. The van der Waals surface area contributed by atoms with Gasteiger partial charge >= 0.3 is 0 Å². The molecule has 2 aliphatic rings. The van der Waals surface area contributed by atoms with E-state index in [0.29, 0.717) is 29.9 Å². The predicted molar refractivity (Wildman–Crippen MR) is 117 cm³/mol. The molecule has 0 fully saturated rings. The number of fused-ring (bicyclic) bond motifs is 1. The number of rotatable bonds is 11. The van der Waals surface area contributed by atoms with Crippen LogP contribution in [-0.2, 0) is 4.74 Å². The summed E-state index contributed by atoms with van der Waals surface area (Å²) in [6.07, 6.45) is 5.62. The fourth-order valence-corrected chi connectivity index (χ4v) is 5.23. The van der Waals surface area contributed by atoms with E-state index in [1.54, 1.807) is 0 Å². The van der Waals surface area contributed by atoms with Gasteiger partial charge in [0.25, 0.3) is 0 Å². The van der Waals surface area contributed by atoms with Crippen LogP contribution in [0.5, 0.6) is 0 Å². The fourth-order valence-electron chi connectivity index (χ4n) is 3.90. The first-order chi connectivity index (χ1) is 12.4. The predicted octanol–water partition coefficient (Wildman–Crippen LogP) is 2.65. The number of aliphatic imine (C=N–C) groups is 1. The van der Waals surface area contributed by atoms with Crippen LogP contribution in [-0.4, -0.2) is 61.1 Å². The van der Waals surface area contributed by atoms with Gasteiger partial charge in [0.05, 0.1) is 28.0 Å². The smallest absolute Gasteiger partial charge is 0.0669 e. The molecule has 0 saturated carbocycles. The third-order valence-electron chi connectivity index (χ3n) is 5.65. The summed E-state index contributed by atoms with van der Waals surface area (Å²) in [5, 5.41) is 11.2. The molecule has 3 unspecified atom stereocenters. The van der Waals surface area contributed by atoms with Gasteiger partial charge in [0.2, 0.25) is 0 Å². The quantitative estimate of drug-likeness (QED) is 0.317. The largest absolute Gasteiger partial charge is 0.380 e. The number of hydrogen-bond acceptors (Lipinski definition) is 7. The topological polar surface area (TPSA) is 57.7 Å². The molecule has 150 valence electrons. The van der Waals surface area contributed by atoms with Gasteiger partial charge in [0.1, 0.15) is 0 Å². The van der Waals surface area contributed by atoms with Crippen molar-refractivity contribution in [3.05, 3.63) is 11.8 Å². The minimum absolute atomic E-state index is 0.259. The van der Waals surface area contributed by atoms with Crippen LogP contribution >= 0.6 is 24.4 Å². The Labute approximate surface area is 169 Å². The van der Waals surface area contributed by atoms with Crippen LogP contribution in [0.15, 0.2) is 16.8 Å². The summed E-state index contributed by atoms with van der Waals surface area (Å²) in [5.74, 6) is 0.307. The summed E-state index contributed by atoms with van der Waals surface area (Å²) >= 11 is 6.91. The highest BCUT2D eigenvalue weighted by Crippen LogP contribution is 2.34. The number of nitrogens with zero attached hydrogens (tertiary/aromatic N) is 1. The van der Waals surface area contributed by atoms with Gasteiger partial charge in [-0.2, -0.15) is 12.6 Å². The molecule has 1 aliphatic heterocycles. The maximum atomic E-state index is 5.65. The van der Waals surface area contributed by atoms with Crippen LogP contribution in [0.1, 0.15) is 40.0 Å². The van der Waals surface area contributed by atoms with Gasteiger partial charge in [-0.15, -0.1) is 11.8 Å². The van der Waals surface area contributed by atoms with Gasteiger partial charge < -0.3 is 20.7 Å². The maximum absolute atomic E-state index is 5.65. The van der Waals surface area contributed by atoms with Gasteiger partial charge in [-0.05, 0) is 53.3 Å². The minimum atomic E-state index is -0.275. The summed E-state index contributed by atoms with van der Waals surface area (Å²) in [7, 11) is 4.00. The average molecular weight is 401 g/mol. The molecule has 0 spiro atoms. The lowest BCUT2D eigenvalue weighted by molar-refractivity contribution is 0.0942. The van der Waals surface area contributed by atoms with Crippen LogP contribution in [0.25, 0.3) is 0 Å². The zero-order chi connectivity index (χ0) is 19.2. The zero-order valence-corrected chi connectivity index (χ0v) is 18.5. The van der Waals surface area contributed by atoms with Gasteiger partial charge in [-0.3, -0.25) is 4.99 Å². The molecule has 5 nitrogen and oxygen atoms in total. The highest BCUT2D eigenvalue weighted by molar-refractivity contribution is 8.13. The highest BCUT2D eigenvalue weighted by atomic mass is 32.2. The molecule has 0 amide bonds. The molecule has 26 heavy (non-hydrogen) atoms. The number of thiol groups is 1. The van der Waals surface area contributed by atoms with Crippen LogP contribution in [0.2, 0.25) is 0 Å². The number of hydrogen-bond donors (Lipinski definition) is 4. The second-order valence-corrected chi connectivity index (χ2v) is 9.27. The second-order valence-electron chi connectivity index (χ2n) is 7.42. The molecule has 6 atom stereocenters. The molecule has 0 aromatic carbocycles. The SMILES string of the molecule is CCOC[C@H](NC)[C@H](C)C(S)(C[C@H](C)NC1C=C2N=CSC2CC1)NC. The van der Waals surface area contributed by atoms with Crippen LogP contribution in [0, 0.1) is 5.92 Å². The normalized spacial score (nSPS) is 28.2. The van der Waals surface area contributed by atoms with E-state index in [1.165, 1.54) is 18.5 Å². The standard InChI is InChI=1S/C19H36N4OS2/c1-6-24-11-17(20-4)14(3)19(25,21-5)10-13(2)23-15-7-8-18-16(9-15)22-12-26-18/h9,12-15,17-18,20-21,23,25H,6-8,10-11H2,1-5H3/t13-,14-,15?,17-,18?,19?/m0/s1. The lowest BCUT2D eigenvalue weighted by atomic mass is 9.88. The Hall–Kier alpha value is -0.0500. The minimum Gasteiger partial charge on any atom is -0.380 e. The molecular weight excluding hydrogens is 364 g/mol. The van der Waals surface area contributed by atoms with Gasteiger partial charge in [-0.25, -0.2) is 0 Å². The molecule has 0 saturated heterocycles. The van der Waals surface area contributed by atoms with Crippen molar-refractivity contribution >= 4 is 29.9 Å². The third-order valence-corrected chi connectivity index (χ3v) is 7.49. The Kier molecular flexibility index (Phi) is 8.97. The molecule has 7 heteroatoms. The summed E-state index contributed by atoms with van der Waals surface area (Å²) in [6.45, 7) is 7.97. The van der Waals surface area contributed by atoms with E-state index in [9.17, 15) is 0 Å². The Morgan fingerprint density at radius 3 is 2.81 bits per heavy atom. The zero-order valence-electron chi connectivity index (χ0n) is 16.8. The molecule has 1 heterocycles. The Morgan fingerprint density at radius 2 is 2.15 bits per heavy atom. The number of ether oxygens (including phenoxy) is 1. The van der Waals surface area contributed by atoms with Gasteiger partial charge in [0, 0.05) is 30.7 Å². The highest BCUT2D eigenvalue weighted by Gasteiger charge is 2.37. The first-order valence-corrected chi connectivity index (χ1v) is 11.1. The monoisotopic (exact) mass is 400 g/mol. The van der Waals surface area contributed by atoms with Gasteiger partial charge in [0.15, 0.2) is 0 Å².